The van der Waals surface area contributed by atoms with Crippen LogP contribution in [0, 0.1) is 11.5 Å². The second kappa shape index (κ2) is 5.23. The molecule has 0 aliphatic carbocycles. The van der Waals surface area contributed by atoms with Gasteiger partial charge in [-0.15, -0.1) is 0 Å². The predicted octanol–water partition coefficient (Wildman–Crippen LogP) is -0.352. The number of nitrogens with zero attached hydrogens (tertiary/aromatic N) is 2. The standard InChI is InChI=1S/C6H9N3O2/c1-5(9-4-7)8-3-6(10)11-2/h3H2,1-2H3,(H,8,9). The lowest BCUT2D eigenvalue weighted by Crippen LogP contribution is -2.16. The highest BCUT2D eigenvalue weighted by molar-refractivity contribution is 5.83. The van der Waals surface area contributed by atoms with Crippen molar-refractivity contribution in [2.45, 2.75) is 6.92 Å². The Bertz CT molecular complexity index is 204. The first kappa shape index (κ1) is 9.43. The Morgan fingerprint density at radius 2 is 2.45 bits per heavy atom. The van der Waals surface area contributed by atoms with Gasteiger partial charge in [0.1, 0.15) is 12.4 Å². The van der Waals surface area contributed by atoms with Crippen LogP contribution in [0.3, 0.4) is 0 Å². The molecule has 0 aliphatic rings. The lowest BCUT2D eigenvalue weighted by Gasteiger charge is -1.95. The zero-order valence-electron chi connectivity index (χ0n) is 6.42. The Morgan fingerprint density at radius 3 is 2.91 bits per heavy atom. The van der Waals surface area contributed by atoms with Crippen molar-refractivity contribution in [3.63, 3.8) is 0 Å². The van der Waals surface area contributed by atoms with Gasteiger partial charge < -0.3 is 4.74 Å². The zero-order valence-corrected chi connectivity index (χ0v) is 6.42. The molecular formula is C6H9N3O2. The molecule has 0 aromatic carbocycles. The maximum Gasteiger partial charge on any atom is 0.327 e. The monoisotopic (exact) mass is 155 g/mol. The maximum absolute atomic E-state index is 10.5. The number of amidine groups is 1. The van der Waals surface area contributed by atoms with E-state index in [9.17, 15) is 4.79 Å². The number of rotatable bonds is 2. The van der Waals surface area contributed by atoms with Crippen molar-refractivity contribution in [3.8, 4) is 6.19 Å². The van der Waals surface area contributed by atoms with Gasteiger partial charge in [0.2, 0.25) is 0 Å². The summed E-state index contributed by atoms with van der Waals surface area (Å²) in [5.74, 6) is -0.0259. The molecule has 0 radical (unpaired) electrons. The average molecular weight is 155 g/mol. The lowest BCUT2D eigenvalue weighted by atomic mass is 10.6. The lowest BCUT2D eigenvalue weighted by molar-refractivity contribution is -0.138. The van der Waals surface area contributed by atoms with Gasteiger partial charge in [0.25, 0.3) is 0 Å². The molecule has 60 valence electrons. The summed E-state index contributed by atoms with van der Waals surface area (Å²) in [4.78, 5) is 14.2. The van der Waals surface area contributed by atoms with E-state index in [1.807, 2.05) is 0 Å². The van der Waals surface area contributed by atoms with Crippen LogP contribution >= 0.6 is 0 Å². The van der Waals surface area contributed by atoms with Crippen molar-refractivity contribution in [2.24, 2.45) is 4.99 Å². The number of esters is 1. The molecule has 11 heavy (non-hydrogen) atoms. The topological polar surface area (TPSA) is 74.5 Å². The molecule has 0 unspecified atom stereocenters. The fourth-order valence-corrected chi connectivity index (χ4v) is 0.368. The van der Waals surface area contributed by atoms with Crippen LogP contribution in [0.25, 0.3) is 0 Å². The Labute approximate surface area is 64.7 Å². The number of methoxy groups -OCH3 is 1. The molecule has 0 atom stereocenters. The summed E-state index contributed by atoms with van der Waals surface area (Å²) in [6.45, 7) is 1.53. The number of carbonyl (C=O) groups is 1. The Hall–Kier alpha value is -1.57. The molecule has 0 saturated carbocycles. The third-order valence-electron chi connectivity index (χ3n) is 0.910. The predicted molar refractivity (Wildman–Crippen MR) is 38.7 cm³/mol. The van der Waals surface area contributed by atoms with Gasteiger partial charge in [-0.3, -0.25) is 15.1 Å². The highest BCUT2D eigenvalue weighted by Crippen LogP contribution is 1.77. The van der Waals surface area contributed by atoms with Crippen LogP contribution in [0.15, 0.2) is 4.99 Å². The Balaban J connectivity index is 3.74. The molecule has 0 aliphatic heterocycles. The summed E-state index contributed by atoms with van der Waals surface area (Å²) in [5.41, 5.74) is 0. The molecule has 0 bridgehead atoms. The van der Waals surface area contributed by atoms with Crippen LogP contribution in [0.1, 0.15) is 6.92 Å². The van der Waals surface area contributed by atoms with E-state index in [-0.39, 0.29) is 6.54 Å². The first-order chi connectivity index (χ1) is 5.20. The van der Waals surface area contributed by atoms with Crippen molar-refractivity contribution in [3.05, 3.63) is 0 Å². The Morgan fingerprint density at radius 1 is 1.82 bits per heavy atom. The molecule has 5 nitrogen and oxygen atoms in total. The summed E-state index contributed by atoms with van der Waals surface area (Å²) in [7, 11) is 1.28. The molecule has 0 rings (SSSR count). The second-order valence-electron chi connectivity index (χ2n) is 1.71. The molecule has 0 aromatic heterocycles. The molecule has 0 spiro atoms. The first-order valence-electron chi connectivity index (χ1n) is 2.93. The molecule has 0 amide bonds. The van der Waals surface area contributed by atoms with Crippen molar-refractivity contribution >= 4 is 11.8 Å². The van der Waals surface area contributed by atoms with E-state index in [2.05, 4.69) is 15.0 Å². The minimum absolute atomic E-state index is 0.0585. The number of aliphatic imine (C=N–C) groups is 1. The highest BCUT2D eigenvalue weighted by Gasteiger charge is 1.96. The van der Waals surface area contributed by atoms with Gasteiger partial charge in [0.05, 0.1) is 7.11 Å². The van der Waals surface area contributed by atoms with Crippen molar-refractivity contribution < 1.29 is 9.53 Å². The number of nitrogens with one attached hydrogen (secondary N) is 1. The second-order valence-corrected chi connectivity index (χ2v) is 1.71. The number of hydrogen-bond donors (Lipinski definition) is 1. The number of carbonyl (C=O) groups excluding carboxylic acids is 1. The van der Waals surface area contributed by atoms with Crippen LogP contribution in [0.4, 0.5) is 0 Å². The van der Waals surface area contributed by atoms with Gasteiger partial charge >= 0.3 is 5.97 Å². The van der Waals surface area contributed by atoms with Gasteiger partial charge in [-0.1, -0.05) is 0 Å². The van der Waals surface area contributed by atoms with E-state index in [1.165, 1.54) is 7.11 Å². The number of ether oxygens (including phenoxy) is 1. The van der Waals surface area contributed by atoms with E-state index < -0.39 is 5.97 Å². The van der Waals surface area contributed by atoms with E-state index in [0.29, 0.717) is 5.84 Å². The number of nitriles is 1. The van der Waals surface area contributed by atoms with Crippen LogP contribution < -0.4 is 5.32 Å². The molecule has 0 heterocycles. The first-order valence-corrected chi connectivity index (χ1v) is 2.93. The quantitative estimate of drug-likeness (QED) is 0.194. The molecule has 0 aromatic rings. The molecule has 0 saturated heterocycles. The van der Waals surface area contributed by atoms with E-state index in [1.54, 1.807) is 13.1 Å². The van der Waals surface area contributed by atoms with Crippen LogP contribution in [0.2, 0.25) is 0 Å². The highest BCUT2D eigenvalue weighted by atomic mass is 16.5. The number of hydrogen-bond acceptors (Lipinski definition) is 4. The normalized spacial score (nSPS) is 10.1. The fourth-order valence-electron chi connectivity index (χ4n) is 0.368. The third-order valence-corrected chi connectivity index (χ3v) is 0.910. The summed E-state index contributed by atoms with van der Waals surface area (Å²) in [6.07, 6.45) is 1.68. The van der Waals surface area contributed by atoms with Gasteiger partial charge in [-0.05, 0) is 6.92 Å². The van der Waals surface area contributed by atoms with E-state index in [4.69, 9.17) is 5.26 Å². The van der Waals surface area contributed by atoms with E-state index in [0.717, 1.165) is 0 Å². The molecule has 5 heteroatoms. The fraction of sp³-hybridized carbons (Fsp3) is 0.500. The summed E-state index contributed by atoms with van der Waals surface area (Å²) >= 11 is 0. The summed E-state index contributed by atoms with van der Waals surface area (Å²) in [6, 6.07) is 0. The van der Waals surface area contributed by atoms with Crippen molar-refractivity contribution in [1.29, 1.82) is 5.26 Å². The van der Waals surface area contributed by atoms with Crippen LogP contribution in [-0.2, 0) is 9.53 Å². The third kappa shape index (κ3) is 4.90. The smallest absolute Gasteiger partial charge is 0.327 e. The van der Waals surface area contributed by atoms with Crippen molar-refractivity contribution in [2.75, 3.05) is 13.7 Å². The minimum Gasteiger partial charge on any atom is -0.468 e. The van der Waals surface area contributed by atoms with Gasteiger partial charge in [-0.2, -0.15) is 5.26 Å². The largest absolute Gasteiger partial charge is 0.468 e. The van der Waals surface area contributed by atoms with Crippen LogP contribution in [0.5, 0.6) is 0 Å². The van der Waals surface area contributed by atoms with E-state index >= 15 is 0 Å². The molecule has 0 fully saturated rings. The molecule has 1 N–H and O–H groups in total. The Kier molecular flexibility index (Phi) is 4.49. The average Bonchev–Trinajstić information content (AvgIpc) is 2.01. The maximum atomic E-state index is 10.5. The van der Waals surface area contributed by atoms with Gasteiger partial charge in [0, 0.05) is 0 Å². The summed E-state index contributed by atoms with van der Waals surface area (Å²) in [5, 5.41) is 10.4. The SMILES string of the molecule is COC(=O)CN=C(C)NC#N. The zero-order chi connectivity index (χ0) is 8.69. The van der Waals surface area contributed by atoms with Crippen molar-refractivity contribution in [1.82, 2.24) is 5.32 Å². The molecular weight excluding hydrogens is 146 g/mol. The van der Waals surface area contributed by atoms with Crippen LogP contribution in [-0.4, -0.2) is 25.5 Å². The van der Waals surface area contributed by atoms with Gasteiger partial charge in [0.15, 0.2) is 6.19 Å². The van der Waals surface area contributed by atoms with Gasteiger partial charge in [-0.25, -0.2) is 0 Å². The summed E-state index contributed by atoms with van der Waals surface area (Å²) < 4.78 is 4.32. The minimum atomic E-state index is -0.427.